The van der Waals surface area contributed by atoms with E-state index in [9.17, 15) is 4.79 Å². The SMILES string of the molecule is CN1C2CCC1CC(NC(=O)c1ccc(COc3ccc4c(c3)CCC4)o1)C2. The number of hydrogen-bond donors (Lipinski definition) is 1. The molecule has 2 bridgehead atoms. The fourth-order valence-electron chi connectivity index (χ4n) is 5.16. The molecule has 28 heavy (non-hydrogen) atoms. The van der Waals surface area contributed by atoms with E-state index < -0.39 is 0 Å². The van der Waals surface area contributed by atoms with Crippen molar-refractivity contribution in [2.45, 2.75) is 69.7 Å². The summed E-state index contributed by atoms with van der Waals surface area (Å²) in [6.07, 6.45) is 8.11. The van der Waals surface area contributed by atoms with Crippen LogP contribution in [-0.4, -0.2) is 36.0 Å². The Morgan fingerprint density at radius 3 is 2.75 bits per heavy atom. The van der Waals surface area contributed by atoms with Gasteiger partial charge in [-0.3, -0.25) is 4.79 Å². The van der Waals surface area contributed by atoms with Crippen molar-refractivity contribution in [2.24, 2.45) is 0 Å². The Balaban J connectivity index is 1.16. The Hall–Kier alpha value is -2.27. The van der Waals surface area contributed by atoms with E-state index in [1.807, 2.05) is 12.1 Å². The van der Waals surface area contributed by atoms with Crippen LogP contribution in [0.2, 0.25) is 0 Å². The van der Waals surface area contributed by atoms with Crippen molar-refractivity contribution in [1.29, 1.82) is 0 Å². The highest BCUT2D eigenvalue weighted by molar-refractivity contribution is 5.91. The summed E-state index contributed by atoms with van der Waals surface area (Å²) in [6.45, 7) is 0.338. The molecule has 5 heteroatoms. The number of furan rings is 1. The lowest BCUT2D eigenvalue weighted by Crippen LogP contribution is -2.48. The lowest BCUT2D eigenvalue weighted by molar-refractivity contribution is 0.0851. The van der Waals surface area contributed by atoms with E-state index in [4.69, 9.17) is 9.15 Å². The van der Waals surface area contributed by atoms with Crippen molar-refractivity contribution >= 4 is 5.91 Å². The fraction of sp³-hybridized carbons (Fsp3) is 0.522. The number of ether oxygens (including phenoxy) is 1. The number of carbonyl (C=O) groups is 1. The van der Waals surface area contributed by atoms with Gasteiger partial charge in [-0.15, -0.1) is 0 Å². The molecular weight excluding hydrogens is 352 g/mol. The summed E-state index contributed by atoms with van der Waals surface area (Å²) in [7, 11) is 2.21. The molecule has 1 aromatic heterocycles. The zero-order valence-electron chi connectivity index (χ0n) is 16.4. The molecule has 1 aromatic carbocycles. The zero-order chi connectivity index (χ0) is 19.1. The largest absolute Gasteiger partial charge is 0.486 e. The van der Waals surface area contributed by atoms with Gasteiger partial charge in [0.25, 0.3) is 5.91 Å². The van der Waals surface area contributed by atoms with Gasteiger partial charge in [-0.05, 0) is 87.4 Å². The molecule has 0 radical (unpaired) electrons. The van der Waals surface area contributed by atoms with Crippen LogP contribution in [0.4, 0.5) is 0 Å². The summed E-state index contributed by atoms with van der Waals surface area (Å²) < 4.78 is 11.6. The van der Waals surface area contributed by atoms with Gasteiger partial charge in [0.1, 0.15) is 18.1 Å². The smallest absolute Gasteiger partial charge is 0.287 e. The van der Waals surface area contributed by atoms with Crippen LogP contribution in [-0.2, 0) is 19.4 Å². The predicted molar refractivity (Wildman–Crippen MR) is 107 cm³/mol. The van der Waals surface area contributed by atoms with E-state index in [1.54, 1.807) is 6.07 Å². The molecule has 1 aliphatic carbocycles. The molecule has 3 heterocycles. The lowest BCUT2D eigenvalue weighted by atomic mass is 9.98. The minimum atomic E-state index is -0.113. The first-order valence-corrected chi connectivity index (χ1v) is 10.5. The average Bonchev–Trinajstić information content (AvgIpc) is 3.39. The van der Waals surface area contributed by atoms with Crippen LogP contribution in [0.1, 0.15) is 59.5 Å². The highest BCUT2D eigenvalue weighted by atomic mass is 16.5. The second kappa shape index (κ2) is 7.28. The van der Waals surface area contributed by atoms with Crippen LogP contribution in [0.15, 0.2) is 34.7 Å². The van der Waals surface area contributed by atoms with Crippen molar-refractivity contribution in [3.05, 3.63) is 53.0 Å². The molecule has 2 aliphatic heterocycles. The van der Waals surface area contributed by atoms with Gasteiger partial charge in [0, 0.05) is 18.1 Å². The number of nitrogens with zero attached hydrogens (tertiary/aromatic N) is 1. The number of carbonyl (C=O) groups excluding carboxylic acids is 1. The first-order chi connectivity index (χ1) is 13.7. The fourth-order valence-corrected chi connectivity index (χ4v) is 5.16. The number of piperidine rings is 1. The van der Waals surface area contributed by atoms with Crippen molar-refractivity contribution in [1.82, 2.24) is 10.2 Å². The van der Waals surface area contributed by atoms with Crippen LogP contribution in [0.25, 0.3) is 0 Å². The Morgan fingerprint density at radius 2 is 1.93 bits per heavy atom. The summed E-state index contributed by atoms with van der Waals surface area (Å²) in [5.74, 6) is 1.80. The van der Waals surface area contributed by atoms with Crippen LogP contribution in [0.5, 0.6) is 5.75 Å². The second-order valence-corrected chi connectivity index (χ2v) is 8.53. The van der Waals surface area contributed by atoms with Crippen molar-refractivity contribution in [2.75, 3.05) is 7.05 Å². The molecule has 2 saturated heterocycles. The van der Waals surface area contributed by atoms with Gasteiger partial charge in [-0.1, -0.05) is 6.07 Å². The minimum Gasteiger partial charge on any atom is -0.486 e. The molecule has 2 aromatic rings. The molecule has 2 fully saturated rings. The zero-order valence-corrected chi connectivity index (χ0v) is 16.4. The third-order valence-corrected chi connectivity index (χ3v) is 6.77. The van der Waals surface area contributed by atoms with Crippen LogP contribution >= 0.6 is 0 Å². The summed E-state index contributed by atoms with van der Waals surface area (Å²) in [4.78, 5) is 15.1. The quantitative estimate of drug-likeness (QED) is 0.859. The number of fused-ring (bicyclic) bond motifs is 3. The first kappa shape index (κ1) is 17.8. The maximum absolute atomic E-state index is 12.6. The number of amides is 1. The van der Waals surface area contributed by atoms with Crippen molar-refractivity contribution < 1.29 is 13.9 Å². The highest BCUT2D eigenvalue weighted by Gasteiger charge is 2.39. The Labute approximate surface area is 166 Å². The van der Waals surface area contributed by atoms with E-state index in [1.165, 1.54) is 36.8 Å². The Bertz CT molecular complexity index is 860. The molecule has 2 atom stereocenters. The number of hydrogen-bond acceptors (Lipinski definition) is 4. The molecule has 1 amide bonds. The van der Waals surface area contributed by atoms with Gasteiger partial charge < -0.3 is 19.4 Å². The minimum absolute atomic E-state index is 0.113. The third kappa shape index (κ3) is 3.44. The lowest BCUT2D eigenvalue weighted by Gasteiger charge is -2.36. The van der Waals surface area contributed by atoms with Crippen molar-refractivity contribution in [3.8, 4) is 5.75 Å². The first-order valence-electron chi connectivity index (χ1n) is 10.5. The topological polar surface area (TPSA) is 54.7 Å². The second-order valence-electron chi connectivity index (χ2n) is 8.53. The Morgan fingerprint density at radius 1 is 1.14 bits per heavy atom. The molecule has 3 aliphatic rings. The van der Waals surface area contributed by atoms with Gasteiger partial charge >= 0.3 is 0 Å². The van der Waals surface area contributed by atoms with Gasteiger partial charge in [-0.2, -0.15) is 0 Å². The molecule has 5 rings (SSSR count). The summed E-state index contributed by atoms with van der Waals surface area (Å²) in [5, 5.41) is 3.17. The van der Waals surface area contributed by atoms with Crippen molar-refractivity contribution in [3.63, 3.8) is 0 Å². The van der Waals surface area contributed by atoms with E-state index in [2.05, 4.69) is 29.4 Å². The molecule has 0 saturated carbocycles. The molecule has 5 nitrogen and oxygen atoms in total. The average molecular weight is 380 g/mol. The van der Waals surface area contributed by atoms with Gasteiger partial charge in [0.15, 0.2) is 5.76 Å². The maximum Gasteiger partial charge on any atom is 0.287 e. The third-order valence-electron chi connectivity index (χ3n) is 6.77. The normalized spacial score (nSPS) is 26.2. The van der Waals surface area contributed by atoms with Gasteiger partial charge in [0.2, 0.25) is 0 Å². The molecule has 0 spiro atoms. The van der Waals surface area contributed by atoms with E-state index in [0.717, 1.165) is 25.0 Å². The van der Waals surface area contributed by atoms with E-state index in [-0.39, 0.29) is 11.9 Å². The summed E-state index contributed by atoms with van der Waals surface area (Å²) in [5.41, 5.74) is 2.83. The monoisotopic (exact) mass is 380 g/mol. The molecule has 148 valence electrons. The number of benzene rings is 1. The van der Waals surface area contributed by atoms with E-state index >= 15 is 0 Å². The summed E-state index contributed by atoms with van der Waals surface area (Å²) in [6, 6.07) is 11.4. The van der Waals surface area contributed by atoms with Crippen LogP contribution < -0.4 is 10.1 Å². The molecule has 2 unspecified atom stereocenters. The van der Waals surface area contributed by atoms with Crippen LogP contribution in [0.3, 0.4) is 0 Å². The van der Waals surface area contributed by atoms with E-state index in [0.29, 0.717) is 30.2 Å². The molecular formula is C23H28N2O3. The number of nitrogens with one attached hydrogen (secondary N) is 1. The highest BCUT2D eigenvalue weighted by Crippen LogP contribution is 2.34. The molecule has 1 N–H and O–H groups in total. The summed E-state index contributed by atoms with van der Waals surface area (Å²) >= 11 is 0. The van der Waals surface area contributed by atoms with Crippen LogP contribution in [0, 0.1) is 0 Å². The number of rotatable bonds is 5. The maximum atomic E-state index is 12.6. The standard InChI is InChI=1S/C23H28N2O3/c1-25-18-6-7-19(25)13-17(12-18)24-23(26)22-10-9-21(28-22)14-27-20-8-5-15-3-2-4-16(15)11-20/h5,8-11,17-19H,2-4,6-7,12-14H2,1H3,(H,24,26). The predicted octanol–water partition coefficient (Wildman–Crippen LogP) is 3.70. The van der Waals surface area contributed by atoms with Gasteiger partial charge in [-0.25, -0.2) is 0 Å². The Kier molecular flexibility index (Phi) is 4.63. The number of aryl methyl sites for hydroxylation is 2. The van der Waals surface area contributed by atoms with Gasteiger partial charge in [0.05, 0.1) is 0 Å².